The van der Waals surface area contributed by atoms with Gasteiger partial charge in [-0.15, -0.1) is 11.3 Å². The molecule has 0 atom stereocenters. The highest BCUT2D eigenvalue weighted by Crippen LogP contribution is 2.44. The molecule has 0 radical (unpaired) electrons. The molecule has 0 aliphatic rings. The van der Waals surface area contributed by atoms with Gasteiger partial charge in [-0.3, -0.25) is 0 Å². The van der Waals surface area contributed by atoms with Crippen LogP contribution in [0.3, 0.4) is 0 Å². The summed E-state index contributed by atoms with van der Waals surface area (Å²) in [5.41, 5.74) is 8.56. The summed E-state index contributed by atoms with van der Waals surface area (Å²) >= 11 is 1.86. The summed E-state index contributed by atoms with van der Waals surface area (Å²) in [5.74, 6) is 1.90. The lowest BCUT2D eigenvalue weighted by Crippen LogP contribution is -2.02. The van der Waals surface area contributed by atoms with Gasteiger partial charge in [0.2, 0.25) is 0 Å². The van der Waals surface area contributed by atoms with Crippen molar-refractivity contribution in [2.75, 3.05) is 0 Å². The monoisotopic (exact) mass is 806 g/mol. The Morgan fingerprint density at radius 1 is 0.290 bits per heavy atom. The smallest absolute Gasteiger partial charge is 0.164 e. The first kappa shape index (κ1) is 34.8. The van der Waals surface area contributed by atoms with Crippen LogP contribution in [-0.4, -0.2) is 19.5 Å². The van der Waals surface area contributed by atoms with Gasteiger partial charge in [0.25, 0.3) is 0 Å². The number of thiophene rings is 1. The zero-order chi connectivity index (χ0) is 40.7. The number of aromatic nitrogens is 4. The second-order valence-corrected chi connectivity index (χ2v) is 17.0. The van der Waals surface area contributed by atoms with E-state index < -0.39 is 0 Å². The van der Waals surface area contributed by atoms with Crippen LogP contribution >= 0.6 is 11.3 Å². The van der Waals surface area contributed by atoms with Crippen LogP contribution in [-0.2, 0) is 0 Å². The van der Waals surface area contributed by atoms with Crippen molar-refractivity contribution in [3.05, 3.63) is 206 Å². The van der Waals surface area contributed by atoms with Crippen molar-refractivity contribution in [2.24, 2.45) is 0 Å². The van der Waals surface area contributed by atoms with E-state index in [1.165, 1.54) is 69.0 Å². The molecule has 0 fully saturated rings. The van der Waals surface area contributed by atoms with Crippen LogP contribution in [0.5, 0.6) is 0 Å². The third-order valence-corrected chi connectivity index (χ3v) is 13.6. The van der Waals surface area contributed by atoms with Crippen molar-refractivity contribution in [2.45, 2.75) is 0 Å². The molecule has 5 heteroatoms. The summed E-state index contributed by atoms with van der Waals surface area (Å²) in [6.07, 6.45) is 0. The quantitative estimate of drug-likeness (QED) is 0.163. The Labute approximate surface area is 360 Å². The maximum atomic E-state index is 5.25. The molecule has 3 aromatic heterocycles. The number of para-hydroxylation sites is 1. The minimum Gasteiger partial charge on any atom is -0.309 e. The molecule has 0 spiro atoms. The van der Waals surface area contributed by atoms with E-state index in [9.17, 15) is 0 Å². The largest absolute Gasteiger partial charge is 0.309 e. The molecule has 0 aliphatic carbocycles. The first-order valence-corrected chi connectivity index (χ1v) is 21.7. The topological polar surface area (TPSA) is 43.6 Å². The van der Waals surface area contributed by atoms with Gasteiger partial charge in [-0.05, 0) is 86.6 Å². The molecular formula is C57H34N4S. The molecule has 0 saturated carbocycles. The Hall–Kier alpha value is -7.99. The minimum atomic E-state index is 0.623. The van der Waals surface area contributed by atoms with Gasteiger partial charge in [0.05, 0.1) is 16.7 Å². The van der Waals surface area contributed by atoms with E-state index in [4.69, 9.17) is 15.0 Å². The third kappa shape index (κ3) is 5.42. The Kier molecular flexibility index (Phi) is 7.74. The van der Waals surface area contributed by atoms with Gasteiger partial charge in [-0.1, -0.05) is 158 Å². The van der Waals surface area contributed by atoms with Crippen molar-refractivity contribution in [3.63, 3.8) is 0 Å². The van der Waals surface area contributed by atoms with Crippen molar-refractivity contribution < 1.29 is 0 Å². The molecule has 0 aliphatic heterocycles. The Morgan fingerprint density at radius 3 is 1.45 bits per heavy atom. The Morgan fingerprint density at radius 2 is 0.758 bits per heavy atom. The van der Waals surface area contributed by atoms with E-state index in [-0.39, 0.29) is 0 Å². The highest BCUT2D eigenvalue weighted by Gasteiger charge is 2.22. The van der Waals surface area contributed by atoms with E-state index in [0.717, 1.165) is 38.8 Å². The predicted octanol–water partition coefficient (Wildman–Crippen LogP) is 15.5. The molecule has 0 saturated heterocycles. The van der Waals surface area contributed by atoms with E-state index in [1.54, 1.807) is 0 Å². The molecule has 62 heavy (non-hydrogen) atoms. The van der Waals surface area contributed by atoms with Crippen LogP contribution in [0, 0.1) is 0 Å². The van der Waals surface area contributed by atoms with E-state index in [2.05, 4.69) is 174 Å². The molecule has 13 rings (SSSR count). The van der Waals surface area contributed by atoms with Crippen LogP contribution in [0.15, 0.2) is 206 Å². The van der Waals surface area contributed by atoms with Crippen LogP contribution < -0.4 is 0 Å². The highest BCUT2D eigenvalue weighted by atomic mass is 32.1. The van der Waals surface area contributed by atoms with Crippen molar-refractivity contribution in [1.82, 2.24) is 19.5 Å². The molecule has 0 bridgehead atoms. The molecular weight excluding hydrogens is 773 g/mol. The molecule has 0 unspecified atom stereocenters. The Bertz CT molecular complexity index is 3870. The van der Waals surface area contributed by atoms with E-state index in [0.29, 0.717) is 17.5 Å². The summed E-state index contributed by atoms with van der Waals surface area (Å²) in [4.78, 5) is 15.5. The van der Waals surface area contributed by atoms with Crippen LogP contribution in [0.1, 0.15) is 0 Å². The van der Waals surface area contributed by atoms with Crippen LogP contribution in [0.4, 0.5) is 0 Å². The first-order chi connectivity index (χ1) is 30.7. The zero-order valence-corrected chi connectivity index (χ0v) is 34.1. The normalized spacial score (nSPS) is 11.9. The zero-order valence-electron chi connectivity index (χ0n) is 33.3. The minimum absolute atomic E-state index is 0.623. The van der Waals surface area contributed by atoms with E-state index in [1.807, 2.05) is 47.7 Å². The second kappa shape index (κ2) is 13.8. The van der Waals surface area contributed by atoms with Crippen molar-refractivity contribution >= 4 is 85.6 Å². The van der Waals surface area contributed by atoms with Crippen molar-refractivity contribution in [3.8, 4) is 51.0 Å². The lowest BCUT2D eigenvalue weighted by Gasteiger charge is -2.18. The summed E-state index contributed by atoms with van der Waals surface area (Å²) < 4.78 is 5.09. The number of benzene rings is 10. The molecule has 0 amide bonds. The van der Waals surface area contributed by atoms with Gasteiger partial charge in [0.15, 0.2) is 17.5 Å². The second-order valence-electron chi connectivity index (χ2n) is 15.9. The fourth-order valence-electron chi connectivity index (χ4n) is 9.57. The number of hydrogen-bond donors (Lipinski definition) is 0. The number of hydrogen-bond acceptors (Lipinski definition) is 4. The van der Waals surface area contributed by atoms with Crippen LogP contribution in [0.2, 0.25) is 0 Å². The third-order valence-electron chi connectivity index (χ3n) is 12.4. The van der Waals surface area contributed by atoms with Gasteiger partial charge in [0.1, 0.15) is 0 Å². The molecule has 10 aromatic carbocycles. The molecule has 4 nitrogen and oxygen atoms in total. The number of nitrogens with zero attached hydrogens (tertiary/aromatic N) is 4. The van der Waals surface area contributed by atoms with E-state index >= 15 is 0 Å². The van der Waals surface area contributed by atoms with Gasteiger partial charge in [-0.2, -0.15) is 0 Å². The summed E-state index contributed by atoms with van der Waals surface area (Å²) in [5, 5.41) is 12.2. The average Bonchev–Trinajstić information content (AvgIpc) is 3.89. The Balaban J connectivity index is 1.12. The lowest BCUT2D eigenvalue weighted by atomic mass is 9.91. The van der Waals surface area contributed by atoms with Gasteiger partial charge in [-0.25, -0.2) is 15.0 Å². The van der Waals surface area contributed by atoms with Gasteiger partial charge < -0.3 is 4.57 Å². The average molecular weight is 807 g/mol. The first-order valence-electron chi connectivity index (χ1n) is 20.9. The summed E-state index contributed by atoms with van der Waals surface area (Å²) in [6, 6.07) is 74.1. The molecule has 288 valence electrons. The van der Waals surface area contributed by atoms with Gasteiger partial charge >= 0.3 is 0 Å². The maximum absolute atomic E-state index is 5.25. The lowest BCUT2D eigenvalue weighted by molar-refractivity contribution is 1.07. The highest BCUT2D eigenvalue weighted by molar-refractivity contribution is 7.25. The molecule has 13 aromatic rings. The summed E-state index contributed by atoms with van der Waals surface area (Å²) in [6.45, 7) is 0. The molecule has 3 heterocycles. The molecule has 0 N–H and O–H groups in total. The van der Waals surface area contributed by atoms with Crippen molar-refractivity contribution in [1.29, 1.82) is 0 Å². The van der Waals surface area contributed by atoms with Crippen LogP contribution in [0.25, 0.3) is 125 Å². The standard InChI is InChI=1S/C57H34N4S/c1-3-15-35(16-4-1)55-58-56(36-17-5-2-6-18-36)60-57(59-55)39-33-48-42-21-8-7-19-40(42)41-20-9-10-24-45(41)54(48)51(34-39)61-49-25-13-11-22-43(49)46-31-37(27-29-50(46)61)38-28-30-53-47(32-38)44-23-12-14-26-52(44)62-53/h1-34H. The number of rotatable bonds is 5. The SMILES string of the molecule is c1ccc(-c2nc(-c3ccccc3)nc(-c3cc(-n4c5ccccc5c5cc(-c6ccc7sc8ccccc8c7c6)ccc54)c4c5ccccc5c5ccccc5c4c3)n2)cc1. The summed E-state index contributed by atoms with van der Waals surface area (Å²) in [7, 11) is 0. The fraction of sp³-hybridized carbons (Fsp3) is 0. The predicted molar refractivity (Wildman–Crippen MR) is 261 cm³/mol. The van der Waals surface area contributed by atoms with Gasteiger partial charge in [0, 0.05) is 53.0 Å². The maximum Gasteiger partial charge on any atom is 0.164 e. The fourth-order valence-corrected chi connectivity index (χ4v) is 10.7. The number of fused-ring (bicyclic) bond motifs is 12.